The molecule has 2 aromatic carbocycles. The van der Waals surface area contributed by atoms with Gasteiger partial charge in [-0.1, -0.05) is 42.0 Å². The second-order valence-corrected chi connectivity index (χ2v) is 6.89. The Morgan fingerprint density at radius 3 is 2.55 bits per heavy atom. The summed E-state index contributed by atoms with van der Waals surface area (Å²) in [6.07, 6.45) is 3.59. The first-order valence-electron chi connectivity index (χ1n) is 9.47. The van der Waals surface area contributed by atoms with Gasteiger partial charge in [0.15, 0.2) is 5.65 Å². The molecule has 0 bridgehead atoms. The molecular weight excluding hydrogens is 358 g/mol. The number of anilines is 2. The summed E-state index contributed by atoms with van der Waals surface area (Å²) in [5, 5.41) is 7.91. The molecule has 0 spiro atoms. The third kappa shape index (κ3) is 3.34. The van der Waals surface area contributed by atoms with Crippen LogP contribution in [-0.4, -0.2) is 19.6 Å². The molecule has 5 aromatic rings. The lowest BCUT2D eigenvalue weighted by molar-refractivity contribution is 0.942. The van der Waals surface area contributed by atoms with Gasteiger partial charge in [-0.15, -0.1) is 0 Å². The summed E-state index contributed by atoms with van der Waals surface area (Å²) in [6, 6.07) is 26.3. The number of pyridine rings is 1. The second-order valence-electron chi connectivity index (χ2n) is 6.89. The molecular formula is C24H19N5. The first-order valence-corrected chi connectivity index (χ1v) is 9.47. The van der Waals surface area contributed by atoms with Crippen LogP contribution in [0.3, 0.4) is 0 Å². The molecule has 5 heteroatoms. The largest absolute Gasteiger partial charge is 0.340 e. The van der Waals surface area contributed by atoms with Gasteiger partial charge in [-0.25, -0.2) is 14.5 Å². The molecule has 3 heterocycles. The van der Waals surface area contributed by atoms with E-state index in [1.165, 1.54) is 5.56 Å². The molecule has 0 fully saturated rings. The molecule has 0 atom stereocenters. The molecule has 140 valence electrons. The minimum atomic E-state index is 0.773. The smallest absolute Gasteiger partial charge is 0.154 e. The Kier molecular flexibility index (Phi) is 4.26. The lowest BCUT2D eigenvalue weighted by Crippen LogP contribution is -1.97. The molecule has 0 aliphatic rings. The highest BCUT2D eigenvalue weighted by atomic mass is 15.3. The van der Waals surface area contributed by atoms with Crippen molar-refractivity contribution in [2.75, 3.05) is 5.32 Å². The standard InChI is InChI=1S/C24H19N5/c1-17-7-5-8-18(15-17)23-24(29-22(28-23)11-6-13-26-29)19-12-14-25-21(16-19)27-20-9-3-2-4-10-20/h2-16H,1H3,(H,25,27). The molecule has 5 nitrogen and oxygen atoms in total. The van der Waals surface area contributed by atoms with Crippen molar-refractivity contribution in [3.63, 3.8) is 0 Å². The van der Waals surface area contributed by atoms with E-state index in [1.807, 2.05) is 65.3 Å². The number of hydrogen-bond acceptors (Lipinski definition) is 4. The molecule has 0 aliphatic carbocycles. The number of imidazole rings is 1. The average molecular weight is 377 g/mol. The Bertz CT molecular complexity index is 1290. The van der Waals surface area contributed by atoms with Gasteiger partial charge in [-0.3, -0.25) is 0 Å². The van der Waals surface area contributed by atoms with Gasteiger partial charge in [0.25, 0.3) is 0 Å². The Morgan fingerprint density at radius 2 is 1.69 bits per heavy atom. The Labute approximate surface area is 168 Å². The van der Waals surface area contributed by atoms with E-state index in [0.717, 1.165) is 39.7 Å². The number of rotatable bonds is 4. The van der Waals surface area contributed by atoms with Gasteiger partial charge in [0, 0.05) is 29.2 Å². The Balaban J connectivity index is 1.67. The summed E-state index contributed by atoms with van der Waals surface area (Å²) in [5.74, 6) is 0.773. The van der Waals surface area contributed by atoms with Crippen LogP contribution in [0.1, 0.15) is 5.56 Å². The third-order valence-electron chi connectivity index (χ3n) is 4.76. The normalized spacial score (nSPS) is 10.9. The maximum absolute atomic E-state index is 4.87. The maximum atomic E-state index is 4.87. The van der Waals surface area contributed by atoms with E-state index < -0.39 is 0 Å². The van der Waals surface area contributed by atoms with Gasteiger partial charge in [0.05, 0.1) is 5.69 Å². The number of fused-ring (bicyclic) bond motifs is 1. The van der Waals surface area contributed by atoms with Crippen LogP contribution in [0.15, 0.2) is 91.3 Å². The first kappa shape index (κ1) is 17.1. The SMILES string of the molecule is Cc1cccc(-c2nc3cccnn3c2-c2ccnc(Nc3ccccc3)c2)c1. The van der Waals surface area contributed by atoms with Crippen LogP contribution in [0, 0.1) is 6.92 Å². The van der Waals surface area contributed by atoms with Crippen LogP contribution in [0.4, 0.5) is 11.5 Å². The lowest BCUT2D eigenvalue weighted by Gasteiger charge is -2.09. The zero-order valence-corrected chi connectivity index (χ0v) is 15.9. The van der Waals surface area contributed by atoms with Gasteiger partial charge in [-0.2, -0.15) is 5.10 Å². The zero-order valence-electron chi connectivity index (χ0n) is 15.9. The summed E-state index contributed by atoms with van der Waals surface area (Å²) in [5.41, 5.74) is 6.93. The number of para-hydroxylation sites is 1. The quantitative estimate of drug-likeness (QED) is 0.449. The van der Waals surface area contributed by atoms with Crippen molar-refractivity contribution < 1.29 is 0 Å². The summed E-state index contributed by atoms with van der Waals surface area (Å²) in [7, 11) is 0. The molecule has 0 saturated heterocycles. The fourth-order valence-corrected chi connectivity index (χ4v) is 3.46. The molecule has 3 aromatic heterocycles. The second kappa shape index (κ2) is 7.20. The molecule has 0 saturated carbocycles. The van der Waals surface area contributed by atoms with Crippen LogP contribution in [0.2, 0.25) is 0 Å². The fourth-order valence-electron chi connectivity index (χ4n) is 3.46. The zero-order chi connectivity index (χ0) is 19.6. The topological polar surface area (TPSA) is 55.1 Å². The van der Waals surface area contributed by atoms with E-state index >= 15 is 0 Å². The van der Waals surface area contributed by atoms with E-state index in [9.17, 15) is 0 Å². The number of benzene rings is 2. The highest BCUT2D eigenvalue weighted by molar-refractivity contribution is 5.82. The highest BCUT2D eigenvalue weighted by Crippen LogP contribution is 2.33. The highest BCUT2D eigenvalue weighted by Gasteiger charge is 2.17. The summed E-state index contributed by atoms with van der Waals surface area (Å²) in [6.45, 7) is 2.09. The number of aryl methyl sites for hydroxylation is 1. The van der Waals surface area contributed by atoms with Gasteiger partial charge < -0.3 is 5.32 Å². The predicted molar refractivity (Wildman–Crippen MR) is 116 cm³/mol. The molecule has 29 heavy (non-hydrogen) atoms. The Hall–Kier alpha value is -3.99. The molecule has 0 amide bonds. The van der Waals surface area contributed by atoms with Crippen LogP contribution >= 0.6 is 0 Å². The number of aromatic nitrogens is 4. The first-order chi connectivity index (χ1) is 14.3. The van der Waals surface area contributed by atoms with Gasteiger partial charge in [0.1, 0.15) is 11.5 Å². The predicted octanol–water partition coefficient (Wildman–Crippen LogP) is 5.51. The molecule has 0 radical (unpaired) electrons. The van der Waals surface area contributed by atoms with Crippen LogP contribution in [0.25, 0.3) is 28.2 Å². The van der Waals surface area contributed by atoms with Crippen molar-refractivity contribution in [1.82, 2.24) is 19.6 Å². The number of nitrogens with zero attached hydrogens (tertiary/aromatic N) is 4. The van der Waals surface area contributed by atoms with E-state index in [2.05, 4.69) is 46.6 Å². The minimum Gasteiger partial charge on any atom is -0.340 e. The van der Waals surface area contributed by atoms with E-state index in [1.54, 1.807) is 6.20 Å². The number of hydrogen-bond donors (Lipinski definition) is 1. The lowest BCUT2D eigenvalue weighted by atomic mass is 10.0. The van der Waals surface area contributed by atoms with Crippen LogP contribution in [-0.2, 0) is 0 Å². The monoisotopic (exact) mass is 377 g/mol. The summed E-state index contributed by atoms with van der Waals surface area (Å²) >= 11 is 0. The van der Waals surface area contributed by atoms with Crippen molar-refractivity contribution in [1.29, 1.82) is 0 Å². The number of nitrogens with one attached hydrogen (secondary N) is 1. The van der Waals surface area contributed by atoms with Crippen molar-refractivity contribution in [2.45, 2.75) is 6.92 Å². The molecule has 5 rings (SSSR count). The minimum absolute atomic E-state index is 0.773. The van der Waals surface area contributed by atoms with Crippen LogP contribution < -0.4 is 5.32 Å². The third-order valence-corrected chi connectivity index (χ3v) is 4.76. The van der Waals surface area contributed by atoms with Gasteiger partial charge >= 0.3 is 0 Å². The maximum Gasteiger partial charge on any atom is 0.154 e. The summed E-state index contributed by atoms with van der Waals surface area (Å²) in [4.78, 5) is 9.35. The molecule has 0 unspecified atom stereocenters. The summed E-state index contributed by atoms with van der Waals surface area (Å²) < 4.78 is 1.89. The average Bonchev–Trinajstić information content (AvgIpc) is 3.14. The van der Waals surface area contributed by atoms with Gasteiger partial charge in [0.2, 0.25) is 0 Å². The van der Waals surface area contributed by atoms with Crippen molar-refractivity contribution in [2.24, 2.45) is 0 Å². The molecule has 1 N–H and O–H groups in total. The Morgan fingerprint density at radius 1 is 0.793 bits per heavy atom. The van der Waals surface area contributed by atoms with E-state index in [4.69, 9.17) is 4.98 Å². The van der Waals surface area contributed by atoms with Crippen molar-refractivity contribution >= 4 is 17.2 Å². The van der Waals surface area contributed by atoms with E-state index in [0.29, 0.717) is 0 Å². The molecule has 0 aliphatic heterocycles. The van der Waals surface area contributed by atoms with Crippen molar-refractivity contribution in [3.05, 3.63) is 96.8 Å². The van der Waals surface area contributed by atoms with Gasteiger partial charge in [-0.05, 0) is 49.4 Å². The van der Waals surface area contributed by atoms with E-state index in [-0.39, 0.29) is 0 Å². The van der Waals surface area contributed by atoms with Crippen LogP contribution in [0.5, 0.6) is 0 Å². The van der Waals surface area contributed by atoms with Crippen molar-refractivity contribution in [3.8, 4) is 22.5 Å². The fraction of sp³-hybridized carbons (Fsp3) is 0.0417.